The second-order valence-electron chi connectivity index (χ2n) is 7.20. The van der Waals surface area contributed by atoms with E-state index in [9.17, 15) is 4.39 Å². The molecule has 0 heterocycles. The van der Waals surface area contributed by atoms with Crippen LogP contribution in [0.15, 0.2) is 53.0 Å². The minimum atomic E-state index is -0.407. The molecule has 0 spiro atoms. The molecule has 0 unspecified atom stereocenters. The first kappa shape index (κ1) is 25.1. The van der Waals surface area contributed by atoms with Gasteiger partial charge in [-0.15, -0.1) is 0 Å². The molecule has 0 amide bonds. The van der Waals surface area contributed by atoms with Crippen LogP contribution in [0.25, 0.3) is 0 Å². The Morgan fingerprint density at radius 1 is 0.909 bits per heavy atom. The van der Waals surface area contributed by atoms with Crippen LogP contribution in [-0.2, 0) is 19.6 Å². The maximum absolute atomic E-state index is 14.0. The molecule has 0 aliphatic heterocycles. The van der Waals surface area contributed by atoms with Crippen LogP contribution in [-0.4, -0.2) is 27.9 Å². The number of ether oxygens (including phenoxy) is 4. The van der Waals surface area contributed by atoms with Gasteiger partial charge >= 0.3 is 0 Å². The summed E-state index contributed by atoms with van der Waals surface area (Å²) < 4.78 is 36.8. The van der Waals surface area contributed by atoms with Crippen molar-refractivity contribution in [2.75, 3.05) is 27.9 Å². The van der Waals surface area contributed by atoms with Gasteiger partial charge < -0.3 is 24.3 Å². The molecule has 0 atom stereocenters. The number of hydrogen-bond acceptors (Lipinski definition) is 5. The number of benzene rings is 3. The number of nitrogens with one attached hydrogen (secondary N) is 1. The number of hydrogen-bond donors (Lipinski definition) is 1. The van der Waals surface area contributed by atoms with E-state index < -0.39 is 5.82 Å². The molecule has 0 aliphatic carbocycles. The van der Waals surface area contributed by atoms with Gasteiger partial charge in [0.1, 0.15) is 12.4 Å². The molecule has 176 valence electrons. The van der Waals surface area contributed by atoms with E-state index in [0.29, 0.717) is 34.4 Å². The van der Waals surface area contributed by atoms with Crippen molar-refractivity contribution >= 4 is 27.5 Å². The normalized spacial score (nSPS) is 10.7. The fraction of sp³-hybridized carbons (Fsp3) is 0.280. The minimum Gasteiger partial charge on any atom is -0.493 e. The van der Waals surface area contributed by atoms with Gasteiger partial charge in [-0.05, 0) is 60.5 Å². The van der Waals surface area contributed by atoms with E-state index in [-0.39, 0.29) is 6.61 Å². The highest BCUT2D eigenvalue weighted by Crippen LogP contribution is 2.35. The summed E-state index contributed by atoms with van der Waals surface area (Å²) in [4.78, 5) is 0. The van der Waals surface area contributed by atoms with Gasteiger partial charge in [0.25, 0.3) is 0 Å². The highest BCUT2D eigenvalue weighted by molar-refractivity contribution is 9.10. The molecule has 0 saturated carbocycles. The summed E-state index contributed by atoms with van der Waals surface area (Å²) >= 11 is 9.68. The zero-order valence-corrected chi connectivity index (χ0v) is 21.1. The van der Waals surface area contributed by atoms with E-state index in [4.69, 9.17) is 30.5 Å². The van der Waals surface area contributed by atoms with E-state index in [2.05, 4.69) is 21.2 Å². The second-order valence-corrected chi connectivity index (χ2v) is 8.46. The zero-order valence-electron chi connectivity index (χ0n) is 18.7. The lowest BCUT2D eigenvalue weighted by molar-refractivity contribution is 0.279. The maximum atomic E-state index is 14.0. The topological polar surface area (TPSA) is 49.0 Å². The largest absolute Gasteiger partial charge is 0.493 e. The molecule has 8 heteroatoms. The molecule has 1 N–H and O–H groups in total. The fourth-order valence-corrected chi connectivity index (χ4v) is 3.98. The molecule has 33 heavy (non-hydrogen) atoms. The first-order valence-corrected chi connectivity index (χ1v) is 11.5. The molecule has 0 bridgehead atoms. The first-order valence-electron chi connectivity index (χ1n) is 10.3. The van der Waals surface area contributed by atoms with E-state index in [0.717, 1.165) is 34.3 Å². The molecule has 3 rings (SSSR count). The lowest BCUT2D eigenvalue weighted by atomic mass is 10.1. The third-order valence-corrected chi connectivity index (χ3v) is 6.21. The number of halogens is 3. The van der Waals surface area contributed by atoms with Crippen LogP contribution >= 0.6 is 27.5 Å². The Balaban J connectivity index is 1.60. The predicted octanol–water partition coefficient (Wildman–Crippen LogP) is 6.18. The monoisotopic (exact) mass is 537 g/mol. The van der Waals surface area contributed by atoms with Crippen LogP contribution in [0.1, 0.15) is 16.7 Å². The summed E-state index contributed by atoms with van der Waals surface area (Å²) in [5.74, 6) is 2.08. The summed E-state index contributed by atoms with van der Waals surface area (Å²) in [6, 6.07) is 14.2. The van der Waals surface area contributed by atoms with Gasteiger partial charge in [-0.3, -0.25) is 0 Å². The van der Waals surface area contributed by atoms with Crippen LogP contribution in [0.3, 0.4) is 0 Å². The van der Waals surface area contributed by atoms with E-state index in [1.165, 1.54) is 6.07 Å². The summed E-state index contributed by atoms with van der Waals surface area (Å²) in [5.41, 5.74) is 2.46. The first-order chi connectivity index (χ1) is 16.0. The van der Waals surface area contributed by atoms with Gasteiger partial charge in [0.15, 0.2) is 23.0 Å². The van der Waals surface area contributed by atoms with Crippen molar-refractivity contribution in [2.45, 2.75) is 19.6 Å². The summed E-state index contributed by atoms with van der Waals surface area (Å²) in [6.45, 7) is 1.40. The Morgan fingerprint density at radius 3 is 2.33 bits per heavy atom. The molecular formula is C25H26BrClFNO4. The van der Waals surface area contributed by atoms with Gasteiger partial charge in [-0.2, -0.15) is 0 Å². The molecule has 0 fully saturated rings. The molecule has 0 aliphatic rings. The summed E-state index contributed by atoms with van der Waals surface area (Å²) in [5, 5.41) is 3.76. The summed E-state index contributed by atoms with van der Waals surface area (Å²) in [7, 11) is 4.82. The molecule has 3 aromatic rings. The maximum Gasteiger partial charge on any atom is 0.162 e. The van der Waals surface area contributed by atoms with E-state index in [1.807, 2.05) is 30.3 Å². The van der Waals surface area contributed by atoms with Crippen LogP contribution in [0.4, 0.5) is 4.39 Å². The highest BCUT2D eigenvalue weighted by atomic mass is 79.9. The van der Waals surface area contributed by atoms with Crippen molar-refractivity contribution in [3.63, 3.8) is 0 Å². The Hall–Kier alpha value is -2.48. The van der Waals surface area contributed by atoms with Crippen LogP contribution in [0.5, 0.6) is 23.0 Å². The number of methoxy groups -OCH3 is 3. The Labute approximate surface area is 206 Å². The Bertz CT molecular complexity index is 1080. The average molecular weight is 539 g/mol. The molecule has 5 nitrogen and oxygen atoms in total. The number of rotatable bonds is 11. The highest BCUT2D eigenvalue weighted by Gasteiger charge is 2.13. The summed E-state index contributed by atoms with van der Waals surface area (Å²) in [6.07, 6.45) is 0.833. The van der Waals surface area contributed by atoms with Crippen molar-refractivity contribution in [1.82, 2.24) is 5.32 Å². The van der Waals surface area contributed by atoms with Crippen LogP contribution in [0.2, 0.25) is 5.02 Å². The third kappa shape index (κ3) is 6.53. The van der Waals surface area contributed by atoms with Crippen LogP contribution < -0.4 is 24.3 Å². The van der Waals surface area contributed by atoms with Crippen LogP contribution in [0, 0.1) is 5.82 Å². The molecular weight excluding hydrogens is 513 g/mol. The van der Waals surface area contributed by atoms with Crippen molar-refractivity contribution in [1.29, 1.82) is 0 Å². The van der Waals surface area contributed by atoms with E-state index in [1.54, 1.807) is 33.5 Å². The SMILES string of the molecule is COc1ccc(CCNCc2cc(OC)c(OCc3c(F)cccc3Cl)cc2Br)cc1OC. The van der Waals surface area contributed by atoms with E-state index >= 15 is 0 Å². The molecule has 0 aromatic heterocycles. The lowest BCUT2D eigenvalue weighted by Gasteiger charge is -2.15. The minimum absolute atomic E-state index is 0.00275. The third-order valence-electron chi connectivity index (χ3n) is 5.12. The van der Waals surface area contributed by atoms with Gasteiger partial charge in [-0.25, -0.2) is 4.39 Å². The quantitative estimate of drug-likeness (QED) is 0.296. The van der Waals surface area contributed by atoms with Gasteiger partial charge in [0.2, 0.25) is 0 Å². The Morgan fingerprint density at radius 2 is 1.64 bits per heavy atom. The van der Waals surface area contributed by atoms with Crippen molar-refractivity contribution in [3.8, 4) is 23.0 Å². The second kappa shape index (κ2) is 12.1. The van der Waals surface area contributed by atoms with Crippen molar-refractivity contribution < 1.29 is 23.3 Å². The molecule has 0 radical (unpaired) electrons. The smallest absolute Gasteiger partial charge is 0.162 e. The van der Waals surface area contributed by atoms with Crippen molar-refractivity contribution in [2.24, 2.45) is 0 Å². The Kier molecular flexibility index (Phi) is 9.23. The zero-order chi connectivity index (χ0) is 23.8. The lowest BCUT2D eigenvalue weighted by Crippen LogP contribution is -2.17. The molecule has 3 aromatic carbocycles. The van der Waals surface area contributed by atoms with Gasteiger partial charge in [0, 0.05) is 16.6 Å². The predicted molar refractivity (Wildman–Crippen MR) is 131 cm³/mol. The standard InChI is InChI=1S/C25H26BrClFNO4/c1-30-22-8-7-16(11-23(22)31-2)9-10-29-14-17-12-24(32-3)25(13-19(17)26)33-15-18-20(27)5-4-6-21(18)28/h4-8,11-13,29H,9-10,14-15H2,1-3H3. The fourth-order valence-electron chi connectivity index (χ4n) is 3.30. The molecule has 0 saturated heterocycles. The van der Waals surface area contributed by atoms with Gasteiger partial charge in [0.05, 0.1) is 26.4 Å². The average Bonchev–Trinajstić information content (AvgIpc) is 2.82. The van der Waals surface area contributed by atoms with Crippen molar-refractivity contribution in [3.05, 3.63) is 80.5 Å². The van der Waals surface area contributed by atoms with Gasteiger partial charge in [-0.1, -0.05) is 39.7 Å².